The van der Waals surface area contributed by atoms with Crippen LogP contribution < -0.4 is 5.32 Å². The lowest BCUT2D eigenvalue weighted by Gasteiger charge is -2.07. The number of phenolic OH excluding ortho intramolecular Hbond substituents is 1. The molecule has 0 aliphatic heterocycles. The van der Waals surface area contributed by atoms with E-state index in [1.165, 1.54) is 12.1 Å². The molecular formula is C13H8BrClFNO2. The number of carbonyl (C=O) groups is 1. The Labute approximate surface area is 122 Å². The van der Waals surface area contributed by atoms with Gasteiger partial charge in [-0.15, -0.1) is 0 Å². The second kappa shape index (κ2) is 5.59. The predicted molar refractivity (Wildman–Crippen MR) is 75.2 cm³/mol. The van der Waals surface area contributed by atoms with Crippen molar-refractivity contribution in [3.8, 4) is 5.75 Å². The molecule has 2 aromatic rings. The molecule has 0 unspecified atom stereocenters. The van der Waals surface area contributed by atoms with E-state index in [0.29, 0.717) is 15.1 Å². The maximum atomic E-state index is 13.1. The zero-order valence-electron chi connectivity index (χ0n) is 9.45. The molecule has 3 nitrogen and oxygen atoms in total. The molecule has 0 aliphatic rings. The summed E-state index contributed by atoms with van der Waals surface area (Å²) in [4.78, 5) is 11.9. The predicted octanol–water partition coefficient (Wildman–Crippen LogP) is 4.20. The normalized spacial score (nSPS) is 10.3. The highest BCUT2D eigenvalue weighted by molar-refractivity contribution is 9.10. The van der Waals surface area contributed by atoms with Crippen LogP contribution in [0.25, 0.3) is 0 Å². The number of amides is 1. The fourth-order valence-electron chi connectivity index (χ4n) is 1.43. The number of rotatable bonds is 2. The summed E-state index contributed by atoms with van der Waals surface area (Å²) >= 11 is 9.04. The highest BCUT2D eigenvalue weighted by Crippen LogP contribution is 2.24. The van der Waals surface area contributed by atoms with Gasteiger partial charge >= 0.3 is 0 Å². The third kappa shape index (κ3) is 3.24. The molecule has 0 saturated heterocycles. The van der Waals surface area contributed by atoms with Crippen molar-refractivity contribution in [1.29, 1.82) is 0 Å². The Balaban J connectivity index is 2.20. The highest BCUT2D eigenvalue weighted by Gasteiger charge is 2.09. The molecule has 0 fully saturated rings. The minimum atomic E-state index is -0.796. The molecular weight excluding hydrogens is 337 g/mol. The molecule has 0 atom stereocenters. The average molecular weight is 345 g/mol. The molecule has 19 heavy (non-hydrogen) atoms. The molecule has 0 saturated carbocycles. The van der Waals surface area contributed by atoms with Crippen LogP contribution in [0.1, 0.15) is 10.4 Å². The summed E-state index contributed by atoms with van der Waals surface area (Å²) in [5.41, 5.74) is 0.635. The van der Waals surface area contributed by atoms with Crippen molar-refractivity contribution in [2.45, 2.75) is 0 Å². The van der Waals surface area contributed by atoms with E-state index >= 15 is 0 Å². The molecule has 0 aromatic heterocycles. The van der Waals surface area contributed by atoms with E-state index in [9.17, 15) is 9.18 Å². The van der Waals surface area contributed by atoms with E-state index in [-0.39, 0.29) is 5.69 Å². The summed E-state index contributed by atoms with van der Waals surface area (Å²) in [6.45, 7) is 0. The van der Waals surface area contributed by atoms with Crippen LogP contribution in [-0.4, -0.2) is 11.0 Å². The number of anilines is 1. The number of halogens is 3. The van der Waals surface area contributed by atoms with Gasteiger partial charge in [-0.05, 0) is 46.3 Å². The molecule has 0 aliphatic carbocycles. The number of nitrogens with one attached hydrogen (secondary N) is 1. The smallest absolute Gasteiger partial charge is 0.255 e. The van der Waals surface area contributed by atoms with Crippen LogP contribution in [0.15, 0.2) is 40.9 Å². The van der Waals surface area contributed by atoms with Crippen LogP contribution in [0.2, 0.25) is 5.02 Å². The molecule has 1 amide bonds. The Morgan fingerprint density at radius 1 is 1.26 bits per heavy atom. The highest BCUT2D eigenvalue weighted by atomic mass is 79.9. The van der Waals surface area contributed by atoms with Gasteiger partial charge in [-0.25, -0.2) is 4.39 Å². The second-order valence-corrected chi connectivity index (χ2v) is 5.01. The second-order valence-electron chi connectivity index (χ2n) is 3.75. The molecule has 98 valence electrons. The summed E-state index contributed by atoms with van der Waals surface area (Å²) in [6.07, 6.45) is 0. The number of carbonyl (C=O) groups excluding carboxylic acids is 1. The Morgan fingerprint density at radius 3 is 2.63 bits per heavy atom. The minimum Gasteiger partial charge on any atom is -0.505 e. The van der Waals surface area contributed by atoms with Gasteiger partial charge in [-0.2, -0.15) is 0 Å². The molecule has 0 spiro atoms. The van der Waals surface area contributed by atoms with Crippen LogP contribution in [0, 0.1) is 5.82 Å². The lowest BCUT2D eigenvalue weighted by molar-refractivity contribution is 0.102. The minimum absolute atomic E-state index is 0.256. The van der Waals surface area contributed by atoms with Crippen LogP contribution in [0.5, 0.6) is 5.75 Å². The first-order chi connectivity index (χ1) is 8.97. The van der Waals surface area contributed by atoms with Gasteiger partial charge in [0, 0.05) is 21.8 Å². The average Bonchev–Trinajstić information content (AvgIpc) is 2.37. The standard InChI is InChI=1S/C13H8BrClFNO2/c14-9-5-7(1-3-10(9)15)13(19)17-8-2-4-12(18)11(16)6-8/h1-6,18H,(H,17,19). The van der Waals surface area contributed by atoms with E-state index in [2.05, 4.69) is 21.2 Å². The number of phenols is 1. The zero-order valence-corrected chi connectivity index (χ0v) is 11.8. The third-order valence-electron chi connectivity index (χ3n) is 2.39. The van der Waals surface area contributed by atoms with Gasteiger partial charge in [-0.3, -0.25) is 4.79 Å². The molecule has 2 aromatic carbocycles. The summed E-state index contributed by atoms with van der Waals surface area (Å²) in [5, 5.41) is 12.1. The van der Waals surface area contributed by atoms with Gasteiger partial charge in [0.15, 0.2) is 11.6 Å². The first kappa shape index (κ1) is 13.8. The first-order valence-electron chi connectivity index (χ1n) is 5.22. The molecule has 0 radical (unpaired) electrons. The van der Waals surface area contributed by atoms with E-state index in [4.69, 9.17) is 16.7 Å². The van der Waals surface area contributed by atoms with Gasteiger partial charge in [-0.1, -0.05) is 11.6 Å². The van der Waals surface area contributed by atoms with Gasteiger partial charge in [0.2, 0.25) is 0 Å². The molecule has 0 heterocycles. The Bertz CT molecular complexity index is 649. The summed E-state index contributed by atoms with van der Waals surface area (Å²) in [5.74, 6) is -1.66. The van der Waals surface area contributed by atoms with Crippen LogP contribution in [-0.2, 0) is 0 Å². The Kier molecular flexibility index (Phi) is 4.07. The lowest BCUT2D eigenvalue weighted by atomic mass is 10.2. The van der Waals surface area contributed by atoms with Gasteiger partial charge in [0.05, 0.1) is 5.02 Å². The topological polar surface area (TPSA) is 49.3 Å². The third-order valence-corrected chi connectivity index (χ3v) is 3.60. The van der Waals surface area contributed by atoms with Crippen molar-refractivity contribution in [2.75, 3.05) is 5.32 Å². The summed E-state index contributed by atoms with van der Waals surface area (Å²) < 4.78 is 13.7. The fraction of sp³-hybridized carbons (Fsp3) is 0. The molecule has 2 N–H and O–H groups in total. The number of hydrogen-bond donors (Lipinski definition) is 2. The van der Waals surface area contributed by atoms with E-state index in [0.717, 1.165) is 6.07 Å². The van der Waals surface area contributed by atoms with Gasteiger partial charge in [0.1, 0.15) is 0 Å². The molecule has 0 bridgehead atoms. The van der Waals surface area contributed by atoms with Crippen LogP contribution in [0.3, 0.4) is 0 Å². The quantitative estimate of drug-likeness (QED) is 0.802. The number of aromatic hydroxyl groups is 1. The first-order valence-corrected chi connectivity index (χ1v) is 6.39. The van der Waals surface area contributed by atoms with Crippen molar-refractivity contribution in [2.24, 2.45) is 0 Å². The largest absolute Gasteiger partial charge is 0.505 e. The van der Waals surface area contributed by atoms with E-state index in [1.54, 1.807) is 18.2 Å². The van der Waals surface area contributed by atoms with E-state index < -0.39 is 17.5 Å². The Morgan fingerprint density at radius 2 is 2.00 bits per heavy atom. The van der Waals surface area contributed by atoms with Gasteiger partial charge < -0.3 is 10.4 Å². The number of hydrogen-bond acceptors (Lipinski definition) is 2. The van der Waals surface area contributed by atoms with Crippen molar-refractivity contribution >= 4 is 39.1 Å². The van der Waals surface area contributed by atoms with Crippen LogP contribution in [0.4, 0.5) is 10.1 Å². The monoisotopic (exact) mass is 343 g/mol. The van der Waals surface area contributed by atoms with E-state index in [1.807, 2.05) is 0 Å². The molecule has 2 rings (SSSR count). The SMILES string of the molecule is O=C(Nc1ccc(O)c(F)c1)c1ccc(Cl)c(Br)c1. The summed E-state index contributed by atoms with van der Waals surface area (Å²) in [6, 6.07) is 8.31. The maximum absolute atomic E-state index is 13.1. The number of benzene rings is 2. The lowest BCUT2D eigenvalue weighted by Crippen LogP contribution is -2.11. The van der Waals surface area contributed by atoms with Crippen molar-refractivity contribution in [3.63, 3.8) is 0 Å². The fourth-order valence-corrected chi connectivity index (χ4v) is 1.92. The Hall–Kier alpha value is -1.59. The maximum Gasteiger partial charge on any atom is 0.255 e. The van der Waals surface area contributed by atoms with Crippen molar-refractivity contribution < 1.29 is 14.3 Å². The van der Waals surface area contributed by atoms with Crippen LogP contribution >= 0.6 is 27.5 Å². The molecule has 6 heteroatoms. The zero-order chi connectivity index (χ0) is 14.0. The van der Waals surface area contributed by atoms with Crippen molar-refractivity contribution in [1.82, 2.24) is 0 Å². The van der Waals surface area contributed by atoms with Gasteiger partial charge in [0.25, 0.3) is 5.91 Å². The summed E-state index contributed by atoms with van der Waals surface area (Å²) in [7, 11) is 0. The van der Waals surface area contributed by atoms with Crippen molar-refractivity contribution in [3.05, 3.63) is 57.3 Å².